The molecule has 4 nitrogen and oxygen atoms in total. The van der Waals surface area contributed by atoms with Crippen molar-refractivity contribution in [3.63, 3.8) is 0 Å². The Hall–Kier alpha value is -1.85. The number of carbonyl (C=O) groups is 1. The first-order chi connectivity index (χ1) is 12.7. The number of methoxy groups -OCH3 is 1. The first-order valence-electron chi connectivity index (χ1n) is 9.36. The molecular weight excluding hydrogens is 344 g/mol. The standard InChI is InChI=1S/C21H28N2O2S/c1-15(16-9-11-22-12-10-16)13-21(24)23-14-19-7-8-20(26-19)17-3-5-18(25-2)6-4-17/h3-8,15-16,22H,9-14H2,1-2H3,(H,23,24). The molecule has 0 aliphatic carbocycles. The lowest BCUT2D eigenvalue weighted by Crippen LogP contribution is -2.33. The van der Waals surface area contributed by atoms with Gasteiger partial charge < -0.3 is 15.4 Å². The Bertz CT molecular complexity index is 705. The number of nitrogens with one attached hydrogen (secondary N) is 2. The van der Waals surface area contributed by atoms with Crippen LogP contribution in [0.4, 0.5) is 0 Å². The monoisotopic (exact) mass is 372 g/mol. The zero-order valence-electron chi connectivity index (χ0n) is 15.6. The third-order valence-electron chi connectivity index (χ3n) is 5.19. The summed E-state index contributed by atoms with van der Waals surface area (Å²) in [6, 6.07) is 12.3. The molecule has 1 unspecified atom stereocenters. The first kappa shape index (κ1) is 18.9. The lowest BCUT2D eigenvalue weighted by atomic mass is 9.84. The smallest absolute Gasteiger partial charge is 0.220 e. The van der Waals surface area contributed by atoms with Gasteiger partial charge in [0.1, 0.15) is 5.75 Å². The highest BCUT2D eigenvalue weighted by Gasteiger charge is 2.21. The third kappa shape index (κ3) is 5.08. The van der Waals surface area contributed by atoms with Gasteiger partial charge in [-0.05, 0) is 79.7 Å². The summed E-state index contributed by atoms with van der Waals surface area (Å²) < 4.78 is 5.20. The number of piperidine rings is 1. The first-order valence-corrected chi connectivity index (χ1v) is 10.2. The van der Waals surface area contributed by atoms with Crippen molar-refractivity contribution in [3.8, 4) is 16.2 Å². The molecule has 2 aromatic rings. The fourth-order valence-electron chi connectivity index (χ4n) is 3.51. The van der Waals surface area contributed by atoms with E-state index in [4.69, 9.17) is 4.74 Å². The van der Waals surface area contributed by atoms with E-state index >= 15 is 0 Å². The second-order valence-electron chi connectivity index (χ2n) is 7.04. The zero-order chi connectivity index (χ0) is 18.4. The van der Waals surface area contributed by atoms with Crippen molar-refractivity contribution < 1.29 is 9.53 Å². The van der Waals surface area contributed by atoms with Gasteiger partial charge in [-0.15, -0.1) is 11.3 Å². The number of hydrogen-bond donors (Lipinski definition) is 2. The van der Waals surface area contributed by atoms with Crippen LogP contribution in [0.25, 0.3) is 10.4 Å². The van der Waals surface area contributed by atoms with Gasteiger partial charge in [0.25, 0.3) is 0 Å². The summed E-state index contributed by atoms with van der Waals surface area (Å²) in [7, 11) is 1.67. The molecule has 1 atom stereocenters. The number of benzene rings is 1. The van der Waals surface area contributed by atoms with Crippen LogP contribution in [0, 0.1) is 11.8 Å². The SMILES string of the molecule is COc1ccc(-c2ccc(CNC(=O)CC(C)C3CCNCC3)s2)cc1. The van der Waals surface area contributed by atoms with Crippen molar-refractivity contribution in [2.75, 3.05) is 20.2 Å². The Morgan fingerprint density at radius 1 is 1.23 bits per heavy atom. The molecule has 1 aliphatic heterocycles. The Kier molecular flexibility index (Phi) is 6.69. The van der Waals surface area contributed by atoms with E-state index in [2.05, 4.69) is 41.8 Å². The largest absolute Gasteiger partial charge is 0.497 e. The van der Waals surface area contributed by atoms with E-state index in [0.717, 1.165) is 18.8 Å². The topological polar surface area (TPSA) is 50.4 Å². The zero-order valence-corrected chi connectivity index (χ0v) is 16.4. The minimum absolute atomic E-state index is 0.162. The summed E-state index contributed by atoms with van der Waals surface area (Å²) in [6.45, 7) is 4.99. The van der Waals surface area contributed by atoms with E-state index in [1.807, 2.05) is 12.1 Å². The molecular formula is C21H28N2O2S. The predicted octanol–water partition coefficient (Wildman–Crippen LogP) is 4.07. The van der Waals surface area contributed by atoms with Gasteiger partial charge in [-0.25, -0.2) is 0 Å². The second-order valence-corrected chi connectivity index (χ2v) is 8.21. The second kappa shape index (κ2) is 9.19. The Morgan fingerprint density at radius 3 is 2.65 bits per heavy atom. The van der Waals surface area contributed by atoms with Gasteiger partial charge in [-0.1, -0.05) is 6.92 Å². The van der Waals surface area contributed by atoms with Crippen LogP contribution in [0.3, 0.4) is 0 Å². The summed E-state index contributed by atoms with van der Waals surface area (Å²) in [5.41, 5.74) is 1.17. The molecule has 1 amide bonds. The molecule has 0 radical (unpaired) electrons. The molecule has 1 aromatic carbocycles. The number of ether oxygens (including phenoxy) is 1. The average molecular weight is 373 g/mol. The van der Waals surface area contributed by atoms with Gasteiger partial charge in [0.05, 0.1) is 13.7 Å². The molecule has 0 spiro atoms. The van der Waals surface area contributed by atoms with E-state index in [9.17, 15) is 4.79 Å². The molecule has 26 heavy (non-hydrogen) atoms. The van der Waals surface area contributed by atoms with Crippen LogP contribution >= 0.6 is 11.3 Å². The average Bonchev–Trinajstić information content (AvgIpc) is 3.16. The lowest BCUT2D eigenvalue weighted by Gasteiger charge is -2.27. The van der Waals surface area contributed by atoms with Crippen LogP contribution in [0.15, 0.2) is 36.4 Å². The Morgan fingerprint density at radius 2 is 1.96 bits per heavy atom. The maximum atomic E-state index is 12.3. The van der Waals surface area contributed by atoms with Crippen molar-refractivity contribution in [1.82, 2.24) is 10.6 Å². The van der Waals surface area contributed by atoms with E-state index in [1.54, 1.807) is 18.4 Å². The summed E-state index contributed by atoms with van der Waals surface area (Å²) in [5.74, 6) is 2.15. The van der Waals surface area contributed by atoms with Gasteiger partial charge in [0, 0.05) is 16.2 Å². The highest BCUT2D eigenvalue weighted by atomic mass is 32.1. The number of carbonyl (C=O) groups excluding carboxylic acids is 1. The molecule has 3 rings (SSSR count). The van der Waals surface area contributed by atoms with Gasteiger partial charge in [-0.3, -0.25) is 4.79 Å². The van der Waals surface area contributed by atoms with Crippen molar-refractivity contribution in [2.45, 2.75) is 32.7 Å². The molecule has 2 N–H and O–H groups in total. The minimum atomic E-state index is 0.162. The van der Waals surface area contributed by atoms with Gasteiger partial charge in [0.2, 0.25) is 5.91 Å². The lowest BCUT2D eigenvalue weighted by molar-refractivity contribution is -0.122. The molecule has 2 heterocycles. The van der Waals surface area contributed by atoms with Crippen LogP contribution in [-0.4, -0.2) is 26.1 Å². The summed E-state index contributed by atoms with van der Waals surface area (Å²) >= 11 is 1.72. The number of hydrogen-bond acceptors (Lipinski definition) is 4. The fourth-order valence-corrected chi connectivity index (χ4v) is 4.47. The van der Waals surface area contributed by atoms with Crippen molar-refractivity contribution in [1.29, 1.82) is 0 Å². The normalized spacial score (nSPS) is 16.2. The van der Waals surface area contributed by atoms with Gasteiger partial charge in [-0.2, -0.15) is 0 Å². The number of amides is 1. The highest BCUT2D eigenvalue weighted by molar-refractivity contribution is 7.15. The molecule has 1 aliphatic rings. The van der Waals surface area contributed by atoms with Crippen LogP contribution in [0.5, 0.6) is 5.75 Å². The summed E-state index contributed by atoms with van der Waals surface area (Å²) in [6.07, 6.45) is 3.00. The van der Waals surface area contributed by atoms with Crippen molar-refractivity contribution in [3.05, 3.63) is 41.3 Å². The third-order valence-corrected chi connectivity index (χ3v) is 6.33. The quantitative estimate of drug-likeness (QED) is 0.770. The van der Waals surface area contributed by atoms with Crippen molar-refractivity contribution in [2.24, 2.45) is 11.8 Å². The van der Waals surface area contributed by atoms with Crippen LogP contribution in [0.1, 0.15) is 31.1 Å². The molecule has 1 aromatic heterocycles. The van der Waals surface area contributed by atoms with Gasteiger partial charge in [0.15, 0.2) is 0 Å². The highest BCUT2D eigenvalue weighted by Crippen LogP contribution is 2.29. The summed E-state index contributed by atoms with van der Waals surface area (Å²) in [5, 5.41) is 6.47. The maximum absolute atomic E-state index is 12.3. The van der Waals surface area contributed by atoms with Crippen LogP contribution < -0.4 is 15.4 Å². The molecule has 1 saturated heterocycles. The number of rotatable bonds is 7. The van der Waals surface area contributed by atoms with E-state index < -0.39 is 0 Å². The van der Waals surface area contributed by atoms with E-state index in [1.165, 1.54) is 28.2 Å². The molecule has 140 valence electrons. The van der Waals surface area contributed by atoms with E-state index in [0.29, 0.717) is 24.8 Å². The number of thiophene rings is 1. The Labute approximate surface area is 160 Å². The van der Waals surface area contributed by atoms with Gasteiger partial charge >= 0.3 is 0 Å². The molecule has 0 bridgehead atoms. The maximum Gasteiger partial charge on any atom is 0.220 e. The summed E-state index contributed by atoms with van der Waals surface area (Å²) in [4.78, 5) is 14.7. The van der Waals surface area contributed by atoms with E-state index in [-0.39, 0.29) is 5.91 Å². The molecule has 5 heteroatoms. The predicted molar refractivity (Wildman–Crippen MR) is 108 cm³/mol. The van der Waals surface area contributed by atoms with Crippen LogP contribution in [0.2, 0.25) is 0 Å². The molecule has 0 saturated carbocycles. The molecule has 1 fully saturated rings. The van der Waals surface area contributed by atoms with Crippen LogP contribution in [-0.2, 0) is 11.3 Å². The van der Waals surface area contributed by atoms with Crippen molar-refractivity contribution >= 4 is 17.2 Å². The fraction of sp³-hybridized carbons (Fsp3) is 0.476. The minimum Gasteiger partial charge on any atom is -0.497 e. The Balaban J connectivity index is 1.48.